The lowest BCUT2D eigenvalue weighted by Crippen LogP contribution is -2.35. The number of halogens is 1. The molecular weight excluding hydrogens is 425 g/mol. The zero-order valence-corrected chi connectivity index (χ0v) is 18.6. The Bertz CT molecular complexity index is 1320. The third kappa shape index (κ3) is 3.42. The number of carboxylic acid groups (broad SMARTS) is 1. The van der Waals surface area contributed by atoms with E-state index < -0.39 is 17.8 Å². The summed E-state index contributed by atoms with van der Waals surface area (Å²) in [5.41, 5.74) is 3.92. The fraction of sp³-hybridized carbons (Fsp3) is 0.240. The van der Waals surface area contributed by atoms with Crippen LogP contribution in [0.1, 0.15) is 31.0 Å². The van der Waals surface area contributed by atoms with Crippen molar-refractivity contribution in [1.82, 2.24) is 9.97 Å². The van der Waals surface area contributed by atoms with Crippen LogP contribution < -0.4 is 4.90 Å². The maximum Gasteiger partial charge on any atom is 0.326 e. The van der Waals surface area contributed by atoms with Crippen molar-refractivity contribution in [3.63, 3.8) is 0 Å². The third-order valence-electron chi connectivity index (χ3n) is 6.35. The topological polar surface area (TPSA) is 66.3 Å². The first-order valence-corrected chi connectivity index (χ1v) is 11.3. The molecule has 0 aliphatic heterocycles. The molecule has 1 saturated carbocycles. The minimum atomic E-state index is -0.964. The molecule has 162 valence electrons. The minimum Gasteiger partial charge on any atom is -0.480 e. The van der Waals surface area contributed by atoms with Crippen molar-refractivity contribution in [3.05, 3.63) is 77.7 Å². The molecule has 0 saturated heterocycles. The van der Waals surface area contributed by atoms with Gasteiger partial charge >= 0.3 is 5.97 Å². The summed E-state index contributed by atoms with van der Waals surface area (Å²) in [6.45, 7) is 1.56. The van der Waals surface area contributed by atoms with Crippen LogP contribution in [0.3, 0.4) is 0 Å². The van der Waals surface area contributed by atoms with E-state index in [-0.39, 0.29) is 5.41 Å². The number of carbonyl (C=O) groups is 1. The van der Waals surface area contributed by atoms with Crippen LogP contribution in [0.2, 0.25) is 0 Å². The predicted octanol–water partition coefficient (Wildman–Crippen LogP) is 5.49. The van der Waals surface area contributed by atoms with Gasteiger partial charge in [-0.25, -0.2) is 19.2 Å². The second kappa shape index (κ2) is 7.67. The van der Waals surface area contributed by atoms with Crippen LogP contribution in [0.25, 0.3) is 20.9 Å². The Balaban J connectivity index is 1.48. The number of carboxylic acids is 1. The van der Waals surface area contributed by atoms with E-state index in [4.69, 9.17) is 4.98 Å². The van der Waals surface area contributed by atoms with Gasteiger partial charge in [-0.05, 0) is 55.7 Å². The van der Waals surface area contributed by atoms with Crippen molar-refractivity contribution >= 4 is 33.3 Å². The van der Waals surface area contributed by atoms with E-state index >= 15 is 0 Å². The Morgan fingerprint density at radius 3 is 2.53 bits per heavy atom. The van der Waals surface area contributed by atoms with E-state index in [1.165, 1.54) is 27.9 Å². The summed E-state index contributed by atoms with van der Waals surface area (Å²) >= 11 is 1.37. The van der Waals surface area contributed by atoms with E-state index in [0.717, 1.165) is 28.9 Å². The van der Waals surface area contributed by atoms with E-state index in [9.17, 15) is 14.3 Å². The lowest BCUT2D eigenvalue weighted by Gasteiger charge is -2.23. The molecule has 2 heterocycles. The number of rotatable bonds is 6. The highest BCUT2D eigenvalue weighted by atomic mass is 32.1. The van der Waals surface area contributed by atoms with Crippen molar-refractivity contribution in [2.24, 2.45) is 0 Å². The highest BCUT2D eigenvalue weighted by Crippen LogP contribution is 2.53. The normalized spacial score (nSPS) is 15.5. The van der Waals surface area contributed by atoms with E-state index in [2.05, 4.69) is 29.2 Å². The van der Waals surface area contributed by atoms with Crippen molar-refractivity contribution in [2.75, 3.05) is 11.9 Å². The Labute approximate surface area is 189 Å². The summed E-state index contributed by atoms with van der Waals surface area (Å²) in [4.78, 5) is 23.1. The Morgan fingerprint density at radius 2 is 1.88 bits per heavy atom. The number of hydrogen-bond donors (Lipinski definition) is 1. The molecule has 7 heteroatoms. The Hall–Kier alpha value is -3.32. The molecule has 0 amide bonds. The first-order chi connectivity index (χ1) is 15.4. The zero-order chi connectivity index (χ0) is 22.5. The second-order valence-electron chi connectivity index (χ2n) is 8.28. The molecule has 0 radical (unpaired) electrons. The fourth-order valence-corrected chi connectivity index (χ4v) is 5.02. The molecule has 1 atom stereocenters. The van der Waals surface area contributed by atoms with Crippen LogP contribution in [0.15, 0.2) is 60.7 Å². The number of thiazole rings is 1. The van der Waals surface area contributed by atoms with Gasteiger partial charge in [0, 0.05) is 23.7 Å². The average Bonchev–Trinajstić information content (AvgIpc) is 3.51. The number of aromatic nitrogens is 2. The summed E-state index contributed by atoms with van der Waals surface area (Å²) in [7, 11) is 1.64. The number of benzene rings is 2. The zero-order valence-electron chi connectivity index (χ0n) is 17.7. The van der Waals surface area contributed by atoms with Gasteiger partial charge in [0.15, 0.2) is 0 Å². The van der Waals surface area contributed by atoms with Crippen LogP contribution in [0.5, 0.6) is 0 Å². The van der Waals surface area contributed by atoms with E-state index in [1.807, 2.05) is 18.2 Å². The molecule has 5 nitrogen and oxygen atoms in total. The lowest BCUT2D eigenvalue weighted by molar-refractivity contribution is -0.138. The highest BCUT2D eigenvalue weighted by molar-refractivity contribution is 7.21. The molecular formula is C25H22FN3O2S. The van der Waals surface area contributed by atoms with Crippen LogP contribution >= 0.6 is 11.3 Å². The maximum absolute atomic E-state index is 15.0. The van der Waals surface area contributed by atoms with Gasteiger partial charge in [-0.3, -0.25) is 0 Å². The molecule has 0 bridgehead atoms. The molecule has 1 aliphatic carbocycles. The standard InChI is InChI=1S/C25H22FN3O2S/c1-15(24(30)31)29(2)17-8-9-18(19(26)14-17)22-27-20-10-11-21(28-23(20)32-22)25(12-13-25)16-6-4-3-5-7-16/h3-11,14-15H,12-13H2,1-2H3,(H,30,31). The molecule has 5 rings (SSSR count). The molecule has 32 heavy (non-hydrogen) atoms. The highest BCUT2D eigenvalue weighted by Gasteiger charge is 2.47. The van der Waals surface area contributed by atoms with Gasteiger partial charge in [0.25, 0.3) is 0 Å². The average molecular weight is 448 g/mol. The Kier molecular flexibility index (Phi) is 4.93. The van der Waals surface area contributed by atoms with Crippen LogP contribution in [-0.4, -0.2) is 34.1 Å². The monoisotopic (exact) mass is 447 g/mol. The summed E-state index contributed by atoms with van der Waals surface area (Å²) in [6, 6.07) is 18.4. The molecule has 1 fully saturated rings. The summed E-state index contributed by atoms with van der Waals surface area (Å²) < 4.78 is 15.0. The van der Waals surface area contributed by atoms with Gasteiger partial charge < -0.3 is 10.0 Å². The maximum atomic E-state index is 15.0. The number of nitrogens with zero attached hydrogens (tertiary/aromatic N) is 3. The largest absolute Gasteiger partial charge is 0.480 e. The van der Waals surface area contributed by atoms with Crippen LogP contribution in [0.4, 0.5) is 10.1 Å². The summed E-state index contributed by atoms with van der Waals surface area (Å²) in [5, 5.41) is 9.76. The molecule has 4 aromatic rings. The van der Waals surface area contributed by atoms with Gasteiger partial charge in [-0.1, -0.05) is 41.7 Å². The van der Waals surface area contributed by atoms with Gasteiger partial charge in [-0.2, -0.15) is 0 Å². The number of anilines is 1. The van der Waals surface area contributed by atoms with E-state index in [0.29, 0.717) is 16.3 Å². The van der Waals surface area contributed by atoms with Gasteiger partial charge in [0.1, 0.15) is 27.2 Å². The van der Waals surface area contributed by atoms with Crippen molar-refractivity contribution < 1.29 is 14.3 Å². The van der Waals surface area contributed by atoms with Crippen molar-refractivity contribution in [1.29, 1.82) is 0 Å². The molecule has 2 aromatic heterocycles. The smallest absolute Gasteiger partial charge is 0.326 e. The fourth-order valence-electron chi connectivity index (χ4n) is 4.06. The van der Waals surface area contributed by atoms with Gasteiger partial charge in [0.05, 0.1) is 5.69 Å². The summed E-state index contributed by atoms with van der Waals surface area (Å²) in [5.74, 6) is -1.40. The molecule has 1 aliphatic rings. The molecule has 0 spiro atoms. The second-order valence-corrected chi connectivity index (χ2v) is 9.25. The molecule has 2 aromatic carbocycles. The number of fused-ring (bicyclic) bond motifs is 1. The first kappa shape index (κ1) is 20.6. The lowest BCUT2D eigenvalue weighted by atomic mass is 9.92. The summed E-state index contributed by atoms with van der Waals surface area (Å²) in [6.07, 6.45) is 2.14. The van der Waals surface area contributed by atoms with Crippen molar-refractivity contribution in [3.8, 4) is 10.6 Å². The van der Waals surface area contributed by atoms with E-state index in [1.54, 1.807) is 26.1 Å². The molecule has 1 N–H and O–H groups in total. The van der Waals surface area contributed by atoms with Gasteiger partial charge in [0.2, 0.25) is 0 Å². The number of aliphatic carboxylic acids is 1. The van der Waals surface area contributed by atoms with Crippen LogP contribution in [-0.2, 0) is 10.2 Å². The number of likely N-dealkylation sites (N-methyl/N-ethyl adjacent to an activating group) is 1. The minimum absolute atomic E-state index is 0.0298. The quantitative estimate of drug-likeness (QED) is 0.424. The van der Waals surface area contributed by atoms with Crippen molar-refractivity contribution in [2.45, 2.75) is 31.2 Å². The first-order valence-electron chi connectivity index (χ1n) is 10.5. The number of pyridine rings is 1. The number of hydrogen-bond acceptors (Lipinski definition) is 5. The van der Waals surface area contributed by atoms with Gasteiger partial charge in [-0.15, -0.1) is 0 Å². The third-order valence-corrected chi connectivity index (χ3v) is 7.35. The van der Waals surface area contributed by atoms with Crippen LogP contribution in [0, 0.1) is 5.82 Å². The molecule has 1 unspecified atom stereocenters. The predicted molar refractivity (Wildman–Crippen MR) is 125 cm³/mol. The SMILES string of the molecule is CC(C(=O)O)N(C)c1ccc(-c2nc3ccc(C4(c5ccccc5)CC4)nc3s2)c(F)c1. The Morgan fingerprint density at radius 1 is 1.12 bits per heavy atom.